The van der Waals surface area contributed by atoms with E-state index in [0.29, 0.717) is 19.7 Å². The van der Waals surface area contributed by atoms with E-state index in [0.717, 1.165) is 51.8 Å². The number of thioether (sulfide) groups is 1. The number of fused-ring (bicyclic) bond motifs is 1. The smallest absolute Gasteiger partial charge is 0.310 e. The third-order valence-corrected chi connectivity index (χ3v) is 6.95. The molecule has 0 radical (unpaired) electrons. The number of aryl methyl sites for hydroxylation is 2. The third kappa shape index (κ3) is 4.89. The summed E-state index contributed by atoms with van der Waals surface area (Å²) in [5, 5.41) is 5.59. The van der Waals surface area contributed by atoms with E-state index in [1.165, 1.54) is 11.8 Å². The van der Waals surface area contributed by atoms with E-state index in [4.69, 9.17) is 19.6 Å². The highest BCUT2D eigenvalue weighted by Crippen LogP contribution is 2.36. The second-order valence-corrected chi connectivity index (χ2v) is 9.35. The number of aromatic nitrogens is 3. The number of carbonyl (C=O) groups is 2. The molecule has 0 aliphatic carbocycles. The molecule has 3 heterocycles. The van der Waals surface area contributed by atoms with Crippen molar-refractivity contribution >= 4 is 29.3 Å². The number of methoxy groups -OCH3 is 1. The fourth-order valence-electron chi connectivity index (χ4n) is 4.36. The maximum absolute atomic E-state index is 13.0. The van der Waals surface area contributed by atoms with Crippen molar-refractivity contribution in [1.82, 2.24) is 19.5 Å². The molecule has 1 aliphatic heterocycles. The fraction of sp³-hybridized carbons (Fsp3) is 0.440. The molecule has 1 aliphatic rings. The summed E-state index contributed by atoms with van der Waals surface area (Å²) < 4.78 is 12.5. The maximum Gasteiger partial charge on any atom is 0.310 e. The minimum Gasteiger partial charge on any atom is -0.496 e. The molecule has 2 aromatic heterocycles. The number of piperidine rings is 1. The van der Waals surface area contributed by atoms with Crippen LogP contribution in [0.4, 0.5) is 0 Å². The molecule has 0 bridgehead atoms. The van der Waals surface area contributed by atoms with Crippen LogP contribution in [0, 0.1) is 19.8 Å². The molecular formula is C25H30N4O4S. The topological polar surface area (TPSA) is 86.0 Å². The van der Waals surface area contributed by atoms with Gasteiger partial charge in [0, 0.05) is 24.3 Å². The Labute approximate surface area is 203 Å². The highest BCUT2D eigenvalue weighted by Gasteiger charge is 2.29. The minimum absolute atomic E-state index is 0.00967. The minimum atomic E-state index is -0.241. The first-order valence-corrected chi connectivity index (χ1v) is 12.5. The summed E-state index contributed by atoms with van der Waals surface area (Å²) in [4.78, 5) is 31.7. The average molecular weight is 483 g/mol. The number of hydrogen-bond acceptors (Lipinski definition) is 7. The Bertz CT molecular complexity index is 1210. The molecule has 34 heavy (non-hydrogen) atoms. The van der Waals surface area contributed by atoms with Crippen LogP contribution in [0.15, 0.2) is 35.4 Å². The Kier molecular flexibility index (Phi) is 7.41. The van der Waals surface area contributed by atoms with Crippen LogP contribution >= 0.6 is 11.8 Å². The summed E-state index contributed by atoms with van der Waals surface area (Å²) in [6, 6.07) is 9.76. The summed E-state index contributed by atoms with van der Waals surface area (Å²) >= 11 is 1.43. The van der Waals surface area contributed by atoms with Gasteiger partial charge in [0.05, 0.1) is 36.6 Å². The van der Waals surface area contributed by atoms with Crippen LogP contribution < -0.4 is 4.74 Å². The van der Waals surface area contributed by atoms with Crippen LogP contribution in [0.1, 0.15) is 31.2 Å². The Balaban J connectivity index is 1.56. The third-order valence-electron chi connectivity index (χ3n) is 5.97. The van der Waals surface area contributed by atoms with Crippen molar-refractivity contribution < 1.29 is 19.1 Å². The number of rotatable bonds is 7. The molecule has 1 atom stereocenters. The van der Waals surface area contributed by atoms with Crippen LogP contribution in [0.25, 0.3) is 16.8 Å². The van der Waals surface area contributed by atoms with Crippen molar-refractivity contribution in [2.45, 2.75) is 38.6 Å². The number of carbonyl (C=O) groups excluding carboxylic acids is 2. The largest absolute Gasteiger partial charge is 0.496 e. The molecule has 1 saturated heterocycles. The van der Waals surface area contributed by atoms with Crippen LogP contribution in [0.3, 0.4) is 0 Å². The van der Waals surface area contributed by atoms with E-state index >= 15 is 0 Å². The molecule has 9 heteroatoms. The lowest BCUT2D eigenvalue weighted by molar-refractivity contribution is -0.151. The lowest BCUT2D eigenvalue weighted by Gasteiger charge is -2.31. The normalized spacial score (nSPS) is 16.0. The van der Waals surface area contributed by atoms with Gasteiger partial charge in [-0.1, -0.05) is 30.0 Å². The first kappa shape index (κ1) is 24.1. The lowest BCUT2D eigenvalue weighted by atomic mass is 9.98. The molecule has 1 fully saturated rings. The molecule has 180 valence electrons. The van der Waals surface area contributed by atoms with Crippen molar-refractivity contribution in [3.05, 3.63) is 41.7 Å². The van der Waals surface area contributed by atoms with Crippen molar-refractivity contribution in [3.8, 4) is 16.9 Å². The van der Waals surface area contributed by atoms with Crippen molar-refractivity contribution in [2.24, 2.45) is 5.92 Å². The lowest BCUT2D eigenvalue weighted by Crippen LogP contribution is -2.43. The predicted octanol–water partition coefficient (Wildman–Crippen LogP) is 3.92. The van der Waals surface area contributed by atoms with E-state index in [1.807, 2.05) is 44.2 Å². The molecule has 0 saturated carbocycles. The highest BCUT2D eigenvalue weighted by atomic mass is 32.2. The molecule has 1 aromatic carbocycles. The average Bonchev–Trinajstić information content (AvgIpc) is 3.17. The van der Waals surface area contributed by atoms with Gasteiger partial charge in [0.1, 0.15) is 10.8 Å². The van der Waals surface area contributed by atoms with E-state index < -0.39 is 0 Å². The van der Waals surface area contributed by atoms with Crippen LogP contribution in [0.5, 0.6) is 5.75 Å². The van der Waals surface area contributed by atoms with Crippen molar-refractivity contribution in [1.29, 1.82) is 0 Å². The summed E-state index contributed by atoms with van der Waals surface area (Å²) in [5.74, 6) is 0.575. The molecule has 3 aromatic rings. The van der Waals surface area contributed by atoms with Gasteiger partial charge >= 0.3 is 5.97 Å². The SMILES string of the molecule is CCOC(=O)[C@H]1CCCN(C(=O)CSc2cc(C)nc3c(-c4ccccc4OC)c(C)nn23)C1. The Hall–Kier alpha value is -3.07. The second-order valence-electron chi connectivity index (χ2n) is 8.35. The number of ether oxygens (including phenoxy) is 2. The van der Waals surface area contributed by atoms with Gasteiger partial charge in [-0.3, -0.25) is 9.59 Å². The zero-order chi connectivity index (χ0) is 24.2. The molecule has 8 nitrogen and oxygen atoms in total. The second kappa shape index (κ2) is 10.5. The van der Waals surface area contributed by atoms with E-state index in [1.54, 1.807) is 23.4 Å². The quantitative estimate of drug-likeness (QED) is 0.287. The number of benzene rings is 1. The van der Waals surface area contributed by atoms with E-state index in [9.17, 15) is 9.59 Å². The molecule has 0 unspecified atom stereocenters. The summed E-state index contributed by atoms with van der Waals surface area (Å²) in [6.07, 6.45) is 1.57. The maximum atomic E-state index is 13.0. The number of amides is 1. The number of nitrogens with zero attached hydrogens (tertiary/aromatic N) is 4. The Morgan fingerprint density at radius 1 is 1.24 bits per heavy atom. The van der Waals surface area contributed by atoms with E-state index in [2.05, 4.69) is 0 Å². The van der Waals surface area contributed by atoms with Crippen molar-refractivity contribution in [3.63, 3.8) is 0 Å². The van der Waals surface area contributed by atoms with Crippen LogP contribution in [-0.2, 0) is 14.3 Å². The molecule has 4 rings (SSSR count). The van der Waals surface area contributed by atoms with Gasteiger partial charge in [-0.2, -0.15) is 5.10 Å². The van der Waals surface area contributed by atoms with Gasteiger partial charge in [0.15, 0.2) is 5.65 Å². The zero-order valence-corrected chi connectivity index (χ0v) is 20.9. The summed E-state index contributed by atoms with van der Waals surface area (Å²) in [5.41, 5.74) is 4.27. The van der Waals surface area contributed by atoms with Crippen molar-refractivity contribution in [2.75, 3.05) is 32.6 Å². The zero-order valence-electron chi connectivity index (χ0n) is 20.0. The van der Waals surface area contributed by atoms with Gasteiger partial charge in [-0.15, -0.1) is 0 Å². The number of hydrogen-bond donors (Lipinski definition) is 0. The number of esters is 1. The number of para-hydroxylation sites is 1. The standard InChI is InChI=1S/C25H30N4O4S/c1-5-33-25(31)18-9-8-12-28(14-18)21(30)15-34-22-13-16(2)26-24-23(17(3)27-29(22)24)19-10-6-7-11-20(19)32-4/h6-7,10-11,13,18H,5,8-9,12,14-15H2,1-4H3/t18-/m0/s1. The Morgan fingerprint density at radius 3 is 2.79 bits per heavy atom. The first-order valence-electron chi connectivity index (χ1n) is 11.5. The summed E-state index contributed by atoms with van der Waals surface area (Å²) in [6.45, 7) is 7.13. The van der Waals surface area contributed by atoms with Crippen LogP contribution in [-0.4, -0.2) is 63.9 Å². The van der Waals surface area contributed by atoms with Crippen LogP contribution in [0.2, 0.25) is 0 Å². The first-order chi connectivity index (χ1) is 16.4. The van der Waals surface area contributed by atoms with Gasteiger partial charge in [0.25, 0.3) is 0 Å². The van der Waals surface area contributed by atoms with E-state index in [-0.39, 0.29) is 23.5 Å². The van der Waals surface area contributed by atoms with Gasteiger partial charge in [-0.05, 0) is 45.7 Å². The molecule has 0 N–H and O–H groups in total. The van der Waals surface area contributed by atoms with Gasteiger partial charge in [0.2, 0.25) is 5.91 Å². The predicted molar refractivity (Wildman–Crippen MR) is 131 cm³/mol. The molecule has 1 amide bonds. The Morgan fingerprint density at radius 2 is 2.03 bits per heavy atom. The highest BCUT2D eigenvalue weighted by molar-refractivity contribution is 7.99. The number of likely N-dealkylation sites (tertiary alicyclic amines) is 1. The fourth-order valence-corrected chi connectivity index (χ4v) is 5.32. The van der Waals surface area contributed by atoms with Gasteiger partial charge in [-0.25, -0.2) is 9.50 Å². The van der Waals surface area contributed by atoms with Gasteiger partial charge < -0.3 is 14.4 Å². The summed E-state index contributed by atoms with van der Waals surface area (Å²) in [7, 11) is 1.65. The molecular weight excluding hydrogens is 452 g/mol. The monoisotopic (exact) mass is 482 g/mol. The molecule has 0 spiro atoms.